The molecule has 1 atom stereocenters. The quantitative estimate of drug-likeness (QED) is 0.572. The van der Waals surface area contributed by atoms with E-state index in [2.05, 4.69) is 34.4 Å². The van der Waals surface area contributed by atoms with Crippen molar-refractivity contribution in [3.8, 4) is 11.3 Å². The highest BCUT2D eigenvalue weighted by Gasteiger charge is 2.33. The minimum absolute atomic E-state index is 0.00879. The second kappa shape index (κ2) is 9.26. The minimum atomic E-state index is -0.106. The molecule has 7 nitrogen and oxygen atoms in total. The fourth-order valence-corrected chi connectivity index (χ4v) is 4.39. The van der Waals surface area contributed by atoms with Gasteiger partial charge in [0.1, 0.15) is 6.17 Å². The van der Waals surface area contributed by atoms with E-state index in [1.54, 1.807) is 12.4 Å². The summed E-state index contributed by atoms with van der Waals surface area (Å²) in [5.41, 5.74) is 3.25. The molecule has 0 aliphatic carbocycles. The van der Waals surface area contributed by atoms with Crippen LogP contribution in [0, 0.1) is 5.92 Å². The number of hydrogen-bond acceptors (Lipinski definition) is 6. The lowest BCUT2D eigenvalue weighted by molar-refractivity contribution is -0.116. The predicted octanol–water partition coefficient (Wildman–Crippen LogP) is 4.47. The highest BCUT2D eigenvalue weighted by molar-refractivity contribution is 7.14. The van der Waals surface area contributed by atoms with E-state index in [0.29, 0.717) is 30.1 Å². The van der Waals surface area contributed by atoms with Crippen LogP contribution in [0.15, 0.2) is 54.2 Å². The van der Waals surface area contributed by atoms with Crippen molar-refractivity contribution in [3.05, 3.63) is 59.7 Å². The van der Waals surface area contributed by atoms with E-state index < -0.39 is 0 Å². The normalized spacial score (nSPS) is 15.5. The average Bonchev–Trinajstić information content (AvgIpc) is 3.24. The van der Waals surface area contributed by atoms with Gasteiger partial charge in [-0.2, -0.15) is 0 Å². The summed E-state index contributed by atoms with van der Waals surface area (Å²) in [7, 11) is 0. The lowest BCUT2D eigenvalue weighted by Crippen LogP contribution is -2.51. The first kappa shape index (κ1) is 21.0. The van der Waals surface area contributed by atoms with Crippen LogP contribution in [0.4, 0.5) is 10.8 Å². The summed E-state index contributed by atoms with van der Waals surface area (Å²) in [5, 5.41) is 8.79. The van der Waals surface area contributed by atoms with E-state index in [0.717, 1.165) is 16.9 Å². The predicted molar refractivity (Wildman–Crippen MR) is 123 cm³/mol. The lowest BCUT2D eigenvalue weighted by atomic mass is 10.0. The number of nitrogens with zero attached hydrogens (tertiary/aromatic N) is 3. The summed E-state index contributed by atoms with van der Waals surface area (Å²) < 4.78 is 0. The monoisotopic (exact) mass is 435 g/mol. The summed E-state index contributed by atoms with van der Waals surface area (Å²) in [6.45, 7) is 4.68. The van der Waals surface area contributed by atoms with Crippen LogP contribution in [-0.2, 0) is 4.79 Å². The number of benzene rings is 1. The van der Waals surface area contributed by atoms with Crippen LogP contribution < -0.4 is 10.6 Å². The molecule has 0 bridgehead atoms. The van der Waals surface area contributed by atoms with Crippen LogP contribution in [0.25, 0.3) is 11.3 Å². The van der Waals surface area contributed by atoms with Crippen molar-refractivity contribution in [2.45, 2.75) is 32.9 Å². The van der Waals surface area contributed by atoms with Crippen LogP contribution in [0.3, 0.4) is 0 Å². The number of rotatable bonds is 7. The fraction of sp³-hybridized carbons (Fsp3) is 0.304. The standard InChI is InChI=1S/C23H25N5O2S/c1-15(2)21-25-18-9-4-3-8-17(18)22(30)28(21)12-6-10-20(29)27-23-26-19(14-31-23)16-7-5-11-24-13-16/h3-5,7-9,11,13-15,21,25H,6,10,12H2,1-2H3,(H,26,27,29)/t21-/m0/s1. The first-order valence-corrected chi connectivity index (χ1v) is 11.2. The van der Waals surface area contributed by atoms with Crippen molar-refractivity contribution >= 4 is 34.0 Å². The third-order valence-electron chi connectivity index (χ3n) is 5.20. The third kappa shape index (κ3) is 4.74. The number of para-hydroxylation sites is 1. The molecule has 1 aromatic carbocycles. The third-order valence-corrected chi connectivity index (χ3v) is 5.96. The Morgan fingerprint density at radius 3 is 2.87 bits per heavy atom. The SMILES string of the molecule is CC(C)[C@H]1Nc2ccccc2C(=O)N1CCCC(=O)Nc1nc(-c2cccnc2)cs1. The van der Waals surface area contributed by atoms with Crippen LogP contribution in [0.1, 0.15) is 37.0 Å². The zero-order valence-corrected chi connectivity index (χ0v) is 18.4. The molecule has 31 heavy (non-hydrogen) atoms. The first-order valence-electron chi connectivity index (χ1n) is 10.4. The van der Waals surface area contributed by atoms with Gasteiger partial charge in [-0.25, -0.2) is 4.98 Å². The minimum Gasteiger partial charge on any atom is -0.364 e. The Morgan fingerprint density at radius 1 is 1.26 bits per heavy atom. The van der Waals surface area contributed by atoms with E-state index in [1.807, 2.05) is 46.7 Å². The molecule has 0 saturated carbocycles. The number of anilines is 2. The van der Waals surface area contributed by atoms with E-state index >= 15 is 0 Å². The molecule has 0 saturated heterocycles. The number of amides is 2. The number of thiazole rings is 1. The number of aromatic nitrogens is 2. The van der Waals surface area contributed by atoms with E-state index in [-0.39, 0.29) is 23.9 Å². The first-order chi connectivity index (χ1) is 15.0. The molecule has 2 aromatic heterocycles. The number of fused-ring (bicyclic) bond motifs is 1. The van der Waals surface area contributed by atoms with Crippen molar-refractivity contribution in [1.29, 1.82) is 0 Å². The second-order valence-corrected chi connectivity index (χ2v) is 8.67. The molecule has 0 spiro atoms. The summed E-state index contributed by atoms with van der Waals surface area (Å²) in [6.07, 6.45) is 4.26. The van der Waals surface area contributed by atoms with E-state index in [9.17, 15) is 9.59 Å². The maximum absolute atomic E-state index is 13.0. The van der Waals surface area contributed by atoms with Crippen molar-refractivity contribution in [2.24, 2.45) is 5.92 Å². The molecule has 160 valence electrons. The smallest absolute Gasteiger partial charge is 0.257 e. The van der Waals surface area contributed by atoms with Gasteiger partial charge in [0.05, 0.1) is 11.3 Å². The number of nitrogens with one attached hydrogen (secondary N) is 2. The number of pyridine rings is 1. The molecule has 3 heterocycles. The Labute approximate surface area is 185 Å². The number of carbonyl (C=O) groups excluding carboxylic acids is 2. The molecule has 3 aromatic rings. The average molecular weight is 436 g/mol. The van der Waals surface area contributed by atoms with Crippen LogP contribution in [0.5, 0.6) is 0 Å². The molecule has 2 amide bonds. The Balaban J connectivity index is 1.34. The molecular formula is C23H25N5O2S. The van der Waals surface area contributed by atoms with Crippen LogP contribution in [0.2, 0.25) is 0 Å². The molecule has 8 heteroatoms. The molecule has 0 fully saturated rings. The molecule has 1 aliphatic heterocycles. The topological polar surface area (TPSA) is 87.2 Å². The molecule has 2 N–H and O–H groups in total. The number of hydrogen-bond donors (Lipinski definition) is 2. The van der Waals surface area contributed by atoms with Gasteiger partial charge in [0.15, 0.2) is 5.13 Å². The van der Waals surface area contributed by atoms with Gasteiger partial charge in [0.25, 0.3) is 5.91 Å². The fourth-order valence-electron chi connectivity index (χ4n) is 3.65. The van der Waals surface area contributed by atoms with Crippen molar-refractivity contribution in [3.63, 3.8) is 0 Å². The maximum atomic E-state index is 13.0. The van der Waals surface area contributed by atoms with Crippen LogP contribution >= 0.6 is 11.3 Å². The van der Waals surface area contributed by atoms with Gasteiger partial charge in [-0.3, -0.25) is 14.6 Å². The van der Waals surface area contributed by atoms with Gasteiger partial charge >= 0.3 is 0 Å². The van der Waals surface area contributed by atoms with E-state index in [1.165, 1.54) is 11.3 Å². The Kier molecular flexibility index (Phi) is 6.27. The van der Waals surface area contributed by atoms with Crippen molar-refractivity contribution in [2.75, 3.05) is 17.2 Å². The van der Waals surface area contributed by atoms with Gasteiger partial charge in [0.2, 0.25) is 5.91 Å². The summed E-state index contributed by atoms with van der Waals surface area (Å²) in [4.78, 5) is 35.8. The van der Waals surface area contributed by atoms with Crippen molar-refractivity contribution < 1.29 is 9.59 Å². The van der Waals surface area contributed by atoms with Crippen molar-refractivity contribution in [1.82, 2.24) is 14.9 Å². The summed E-state index contributed by atoms with van der Waals surface area (Å²) in [5.74, 6) is 0.146. The van der Waals surface area contributed by atoms with Gasteiger partial charge < -0.3 is 15.5 Å². The Hall–Kier alpha value is -3.26. The number of carbonyl (C=O) groups is 2. The second-order valence-electron chi connectivity index (χ2n) is 7.81. The molecule has 0 unspecified atom stereocenters. The molecule has 4 rings (SSSR count). The molecule has 1 aliphatic rings. The molecule has 0 radical (unpaired) electrons. The zero-order chi connectivity index (χ0) is 21.8. The highest BCUT2D eigenvalue weighted by atomic mass is 32.1. The van der Waals surface area contributed by atoms with Gasteiger partial charge in [-0.1, -0.05) is 26.0 Å². The summed E-state index contributed by atoms with van der Waals surface area (Å²) in [6, 6.07) is 11.3. The van der Waals surface area contributed by atoms with Gasteiger partial charge in [-0.05, 0) is 36.6 Å². The molecular weight excluding hydrogens is 410 g/mol. The Morgan fingerprint density at radius 2 is 2.10 bits per heavy atom. The zero-order valence-electron chi connectivity index (χ0n) is 17.5. The van der Waals surface area contributed by atoms with Crippen LogP contribution in [-0.4, -0.2) is 39.4 Å². The Bertz CT molecular complexity index is 1070. The van der Waals surface area contributed by atoms with E-state index in [4.69, 9.17) is 0 Å². The van der Waals surface area contributed by atoms with Gasteiger partial charge in [0, 0.05) is 42.0 Å². The summed E-state index contributed by atoms with van der Waals surface area (Å²) >= 11 is 1.39. The lowest BCUT2D eigenvalue weighted by Gasteiger charge is -2.40. The largest absolute Gasteiger partial charge is 0.364 e. The van der Waals surface area contributed by atoms with Gasteiger partial charge in [-0.15, -0.1) is 11.3 Å². The highest BCUT2D eigenvalue weighted by Crippen LogP contribution is 2.28. The maximum Gasteiger partial charge on any atom is 0.257 e.